The summed E-state index contributed by atoms with van der Waals surface area (Å²) in [5.41, 5.74) is -3.26. The van der Waals surface area contributed by atoms with Crippen LogP contribution >= 0.6 is 0 Å². The molecule has 0 saturated carbocycles. The fourth-order valence-corrected chi connectivity index (χ4v) is 4.54. The fraction of sp³-hybridized carbons (Fsp3) is 0.500. The van der Waals surface area contributed by atoms with Crippen LogP contribution in [0, 0.1) is 18.7 Å². The summed E-state index contributed by atoms with van der Waals surface area (Å²) < 4.78 is 62.2. The number of methoxy groups -OCH3 is 1. The zero-order chi connectivity index (χ0) is 27.9. The van der Waals surface area contributed by atoms with E-state index in [-0.39, 0.29) is 18.0 Å². The Labute approximate surface area is 220 Å². The molecular formula is C28H34F3N3O4. The molecule has 1 aliphatic heterocycles. The first-order valence-electron chi connectivity index (χ1n) is 12.5. The second kappa shape index (κ2) is 10.2. The van der Waals surface area contributed by atoms with Gasteiger partial charge in [-0.1, -0.05) is 12.1 Å². The Hall–Kier alpha value is -3.11. The zero-order valence-electron chi connectivity index (χ0n) is 22.5. The Morgan fingerprint density at radius 3 is 2.50 bits per heavy atom. The van der Waals surface area contributed by atoms with Gasteiger partial charge in [0.1, 0.15) is 28.7 Å². The minimum Gasteiger partial charge on any atom is -0.493 e. The third-order valence-electron chi connectivity index (χ3n) is 7.01. The molecule has 1 saturated heterocycles. The lowest BCUT2D eigenvalue weighted by Crippen LogP contribution is -2.41. The van der Waals surface area contributed by atoms with Crippen molar-refractivity contribution in [3.05, 3.63) is 53.1 Å². The molecule has 1 fully saturated rings. The lowest BCUT2D eigenvalue weighted by molar-refractivity contribution is -0.170. The standard InChI is InChI=1S/C28H34F3N3O4/c1-16-33-21-13-22(36-6)23(38-26(2,3)18-10-11-37-15-18)12-19(21)25(34-16)32-14-17-8-7-9-20(24(17)29)28(30,31)27(4,5)35/h7-9,12-13,18,35H,10-11,14-15H2,1-6H3,(H,32,33,34). The summed E-state index contributed by atoms with van der Waals surface area (Å²) >= 11 is 0. The maximum Gasteiger partial charge on any atom is 0.303 e. The van der Waals surface area contributed by atoms with E-state index in [1.54, 1.807) is 26.2 Å². The molecule has 0 spiro atoms. The Morgan fingerprint density at radius 1 is 1.13 bits per heavy atom. The van der Waals surface area contributed by atoms with Crippen molar-refractivity contribution in [2.75, 3.05) is 25.6 Å². The molecule has 1 atom stereocenters. The van der Waals surface area contributed by atoms with Crippen LogP contribution in [0.4, 0.5) is 19.0 Å². The number of hydrogen-bond donors (Lipinski definition) is 2. The van der Waals surface area contributed by atoms with Crippen molar-refractivity contribution in [3.63, 3.8) is 0 Å². The number of halogens is 3. The van der Waals surface area contributed by atoms with Gasteiger partial charge in [0.05, 0.1) is 24.8 Å². The first-order chi connectivity index (χ1) is 17.7. The van der Waals surface area contributed by atoms with Gasteiger partial charge < -0.3 is 24.6 Å². The van der Waals surface area contributed by atoms with E-state index in [1.165, 1.54) is 12.1 Å². The van der Waals surface area contributed by atoms with Crippen molar-refractivity contribution in [2.24, 2.45) is 5.92 Å². The van der Waals surface area contributed by atoms with E-state index >= 15 is 4.39 Å². The molecular weight excluding hydrogens is 499 g/mol. The first-order valence-corrected chi connectivity index (χ1v) is 12.5. The quantitative estimate of drug-likeness (QED) is 0.362. The number of nitrogens with one attached hydrogen (secondary N) is 1. The van der Waals surface area contributed by atoms with E-state index in [0.717, 1.165) is 26.3 Å². The Kier molecular flexibility index (Phi) is 7.51. The molecule has 3 aromatic rings. The van der Waals surface area contributed by atoms with Gasteiger partial charge in [0, 0.05) is 36.1 Å². The molecule has 2 N–H and O–H groups in total. The van der Waals surface area contributed by atoms with Crippen LogP contribution in [0.15, 0.2) is 30.3 Å². The predicted octanol–water partition coefficient (Wildman–Crippen LogP) is 5.75. The third-order valence-corrected chi connectivity index (χ3v) is 7.01. The lowest BCUT2D eigenvalue weighted by atomic mass is 9.90. The second-order valence-electron chi connectivity index (χ2n) is 10.7. The highest BCUT2D eigenvalue weighted by Gasteiger charge is 2.49. The van der Waals surface area contributed by atoms with Crippen LogP contribution in [0.2, 0.25) is 0 Å². The zero-order valence-corrected chi connectivity index (χ0v) is 22.5. The van der Waals surface area contributed by atoms with Crippen LogP contribution in [0.5, 0.6) is 11.5 Å². The molecule has 0 aliphatic carbocycles. The summed E-state index contributed by atoms with van der Waals surface area (Å²) in [6, 6.07) is 7.24. The summed E-state index contributed by atoms with van der Waals surface area (Å²) in [5, 5.41) is 13.6. The number of nitrogens with zero attached hydrogens (tertiary/aromatic N) is 2. The smallest absolute Gasteiger partial charge is 0.303 e. The van der Waals surface area contributed by atoms with Crippen LogP contribution in [0.25, 0.3) is 10.9 Å². The van der Waals surface area contributed by atoms with Gasteiger partial charge in [-0.2, -0.15) is 8.78 Å². The number of anilines is 1. The first kappa shape index (κ1) is 27.9. The maximum absolute atomic E-state index is 15.2. The average molecular weight is 534 g/mol. The van der Waals surface area contributed by atoms with Gasteiger partial charge in [-0.15, -0.1) is 0 Å². The molecule has 2 aromatic carbocycles. The van der Waals surface area contributed by atoms with E-state index in [0.29, 0.717) is 47.3 Å². The van der Waals surface area contributed by atoms with E-state index in [2.05, 4.69) is 15.3 Å². The van der Waals surface area contributed by atoms with Crippen LogP contribution in [0.1, 0.15) is 51.1 Å². The molecule has 2 heterocycles. The number of rotatable bonds is 9. The van der Waals surface area contributed by atoms with Crippen LogP contribution in [-0.2, 0) is 17.2 Å². The molecule has 206 valence electrons. The number of aryl methyl sites for hydroxylation is 1. The summed E-state index contributed by atoms with van der Waals surface area (Å²) in [4.78, 5) is 8.98. The van der Waals surface area contributed by atoms with Crippen LogP contribution in [0.3, 0.4) is 0 Å². The number of benzene rings is 2. The largest absolute Gasteiger partial charge is 0.493 e. The topological polar surface area (TPSA) is 85.7 Å². The summed E-state index contributed by atoms with van der Waals surface area (Å²) in [6.07, 6.45) is 0.884. The van der Waals surface area contributed by atoms with Gasteiger partial charge in [-0.05, 0) is 53.2 Å². The van der Waals surface area contributed by atoms with Crippen molar-refractivity contribution < 1.29 is 32.5 Å². The number of aliphatic hydroxyl groups is 1. The highest BCUT2D eigenvalue weighted by atomic mass is 19.3. The summed E-state index contributed by atoms with van der Waals surface area (Å²) in [7, 11) is 1.55. The van der Waals surface area contributed by atoms with E-state index < -0.39 is 28.5 Å². The highest BCUT2D eigenvalue weighted by molar-refractivity contribution is 5.91. The molecule has 1 unspecified atom stereocenters. The molecule has 1 aliphatic rings. The molecule has 7 nitrogen and oxygen atoms in total. The minimum atomic E-state index is -3.79. The second-order valence-corrected chi connectivity index (χ2v) is 10.7. The van der Waals surface area contributed by atoms with Crippen molar-refractivity contribution in [1.29, 1.82) is 0 Å². The molecule has 38 heavy (non-hydrogen) atoms. The van der Waals surface area contributed by atoms with E-state index in [9.17, 15) is 13.9 Å². The molecule has 0 bridgehead atoms. The molecule has 10 heteroatoms. The van der Waals surface area contributed by atoms with Gasteiger partial charge in [0.15, 0.2) is 11.5 Å². The summed E-state index contributed by atoms with van der Waals surface area (Å²) in [6.45, 7) is 8.78. The molecule has 0 amide bonds. The molecule has 1 aromatic heterocycles. The minimum absolute atomic E-state index is 0.00296. The van der Waals surface area contributed by atoms with Crippen molar-refractivity contribution in [3.8, 4) is 11.5 Å². The van der Waals surface area contributed by atoms with Crippen LogP contribution in [-0.4, -0.2) is 46.6 Å². The van der Waals surface area contributed by atoms with Crippen molar-refractivity contribution >= 4 is 16.7 Å². The molecule has 0 radical (unpaired) electrons. The van der Waals surface area contributed by atoms with Gasteiger partial charge in [0.25, 0.3) is 0 Å². The van der Waals surface area contributed by atoms with Gasteiger partial charge in [0.2, 0.25) is 0 Å². The number of fused-ring (bicyclic) bond motifs is 1. The monoisotopic (exact) mass is 533 g/mol. The Morgan fingerprint density at radius 2 is 1.87 bits per heavy atom. The Bertz CT molecular complexity index is 1320. The van der Waals surface area contributed by atoms with Crippen LogP contribution < -0.4 is 14.8 Å². The highest BCUT2D eigenvalue weighted by Crippen LogP contribution is 2.41. The number of alkyl halides is 2. The average Bonchev–Trinajstić information content (AvgIpc) is 3.38. The van der Waals surface area contributed by atoms with Crippen molar-refractivity contribution in [1.82, 2.24) is 9.97 Å². The summed E-state index contributed by atoms with van der Waals surface area (Å²) in [5.74, 6) is -2.83. The molecule has 4 rings (SSSR count). The lowest BCUT2D eigenvalue weighted by Gasteiger charge is -2.32. The van der Waals surface area contributed by atoms with Gasteiger partial charge in [-0.25, -0.2) is 14.4 Å². The Balaban J connectivity index is 1.68. The normalized spacial score (nSPS) is 16.6. The third kappa shape index (κ3) is 5.37. The van der Waals surface area contributed by atoms with E-state index in [4.69, 9.17) is 14.2 Å². The number of aromatic nitrogens is 2. The SMILES string of the molecule is COc1cc2nc(C)nc(NCc3cccc(C(F)(F)C(C)(C)O)c3F)c2cc1OC(C)(C)C1CCOC1. The predicted molar refractivity (Wildman–Crippen MR) is 138 cm³/mol. The fourth-order valence-electron chi connectivity index (χ4n) is 4.54. The van der Waals surface area contributed by atoms with E-state index in [1.807, 2.05) is 13.8 Å². The van der Waals surface area contributed by atoms with Gasteiger partial charge in [-0.3, -0.25) is 0 Å². The maximum atomic E-state index is 15.2. The number of hydrogen-bond acceptors (Lipinski definition) is 7. The van der Waals surface area contributed by atoms with Crippen molar-refractivity contribution in [2.45, 2.75) is 64.7 Å². The van der Waals surface area contributed by atoms with Gasteiger partial charge >= 0.3 is 5.92 Å². The number of ether oxygens (including phenoxy) is 3.